The molecule has 4 aromatic heterocycles. The summed E-state index contributed by atoms with van der Waals surface area (Å²) in [5, 5.41) is 17.9. The van der Waals surface area contributed by atoms with E-state index in [9.17, 15) is 9.90 Å². The lowest BCUT2D eigenvalue weighted by atomic mass is 10.0. The zero-order valence-electron chi connectivity index (χ0n) is 25.6. The Kier molecular flexibility index (Phi) is 7.60. The summed E-state index contributed by atoms with van der Waals surface area (Å²) < 4.78 is 46.1. The van der Waals surface area contributed by atoms with Gasteiger partial charge in [-0.1, -0.05) is 17.3 Å². The van der Waals surface area contributed by atoms with E-state index in [1.807, 2.05) is 22.9 Å². The van der Waals surface area contributed by atoms with E-state index in [0.29, 0.717) is 41.7 Å². The fourth-order valence-electron chi connectivity index (χ4n) is 5.76. The van der Waals surface area contributed by atoms with Gasteiger partial charge in [0, 0.05) is 42.3 Å². The van der Waals surface area contributed by atoms with Gasteiger partial charge in [0.05, 0.1) is 46.8 Å². The summed E-state index contributed by atoms with van der Waals surface area (Å²) in [6.07, 6.45) is 6.66. The number of halogens is 2. The fourth-order valence-corrected chi connectivity index (χ4v) is 5.76. The number of carboxylic acids is 1. The Labute approximate surface area is 272 Å². The fraction of sp³-hybridized carbons (Fsp3) is 0.257. The maximum Gasteiger partial charge on any atom is 0.335 e. The smallest absolute Gasteiger partial charge is 0.335 e. The van der Waals surface area contributed by atoms with E-state index >= 15 is 8.78 Å². The first-order valence-corrected chi connectivity index (χ1v) is 15.7. The molecule has 1 N–H and O–H groups in total. The number of aromatic nitrogens is 7. The Morgan fingerprint density at radius 2 is 1.90 bits per heavy atom. The van der Waals surface area contributed by atoms with E-state index in [0.717, 1.165) is 42.7 Å². The zero-order valence-corrected chi connectivity index (χ0v) is 25.6. The summed E-state index contributed by atoms with van der Waals surface area (Å²) >= 11 is 0. The van der Waals surface area contributed by atoms with Gasteiger partial charge in [-0.05, 0) is 67.3 Å². The third-order valence-corrected chi connectivity index (χ3v) is 8.68. The highest BCUT2D eigenvalue weighted by Crippen LogP contribution is 2.38. The molecule has 6 aromatic rings. The molecule has 0 radical (unpaired) electrons. The number of carboxylic acid groups (broad SMARTS) is 1. The molecule has 0 unspecified atom stereocenters. The van der Waals surface area contributed by atoms with E-state index in [-0.39, 0.29) is 47.4 Å². The number of rotatable bonds is 11. The molecular formula is C35H29F2N7O4. The van der Waals surface area contributed by atoms with Crippen molar-refractivity contribution in [1.29, 1.82) is 0 Å². The molecule has 5 heterocycles. The van der Waals surface area contributed by atoms with E-state index in [1.165, 1.54) is 6.07 Å². The minimum absolute atomic E-state index is 0.00513. The Balaban J connectivity index is 0.989. The van der Waals surface area contributed by atoms with Crippen LogP contribution >= 0.6 is 0 Å². The number of ether oxygens (including phenoxy) is 2. The standard InChI is InChI=1S/C35H29F2N7O4/c36-26-15-25(27(37)12-23(26)14-33-39-29-8-7-22(35(45)46)13-31(29)43(33)17-24-10-11-47-24)28-2-1-3-34(40-28)48-19-20-4-9-32(38-16-20)44-18-30(41-42-44)21-5-6-21/h1-4,7-9,12-13,15-16,18,21,24H,5-6,10-11,14,17,19H2,(H,45,46)/t24-/m0/s1. The topological polar surface area (TPSA) is 130 Å². The van der Waals surface area contributed by atoms with Gasteiger partial charge in [-0.25, -0.2) is 33.2 Å². The average Bonchev–Trinajstić information content (AvgIpc) is 3.70. The van der Waals surface area contributed by atoms with Crippen LogP contribution in [0.3, 0.4) is 0 Å². The average molecular weight is 650 g/mol. The summed E-state index contributed by atoms with van der Waals surface area (Å²) in [5.41, 5.74) is 3.38. The quantitative estimate of drug-likeness (QED) is 0.183. The third-order valence-electron chi connectivity index (χ3n) is 8.68. The highest BCUT2D eigenvalue weighted by molar-refractivity contribution is 5.92. The number of imidazole rings is 1. The number of fused-ring (bicyclic) bond motifs is 1. The predicted octanol–water partition coefficient (Wildman–Crippen LogP) is 5.89. The Morgan fingerprint density at radius 1 is 1.02 bits per heavy atom. The van der Waals surface area contributed by atoms with Crippen LogP contribution in [0, 0.1) is 11.6 Å². The molecule has 2 aliphatic rings. The van der Waals surface area contributed by atoms with Gasteiger partial charge in [0.25, 0.3) is 0 Å². The summed E-state index contributed by atoms with van der Waals surface area (Å²) in [5.74, 6) is -0.443. The molecule has 1 saturated heterocycles. The Hall–Kier alpha value is -5.56. The van der Waals surface area contributed by atoms with Crippen LogP contribution in [0.4, 0.5) is 8.78 Å². The number of aromatic carboxylic acids is 1. The maximum absolute atomic E-state index is 15.6. The minimum atomic E-state index is -1.06. The normalized spacial score (nSPS) is 15.8. The SMILES string of the molecule is O=C(O)c1ccc2nc(Cc3cc(F)c(-c4cccc(OCc5ccc(-n6cc(C7CC7)nn6)nc5)n4)cc3F)n(C[C@@H]3CCO3)c2c1. The molecule has 1 aliphatic carbocycles. The van der Waals surface area contributed by atoms with Crippen LogP contribution in [0.1, 0.15) is 58.2 Å². The third kappa shape index (κ3) is 5.99. The number of nitrogens with zero attached hydrogens (tertiary/aromatic N) is 7. The molecule has 0 spiro atoms. The van der Waals surface area contributed by atoms with Gasteiger partial charge in [0.1, 0.15) is 24.1 Å². The lowest BCUT2D eigenvalue weighted by Gasteiger charge is -2.27. The number of hydrogen-bond acceptors (Lipinski definition) is 8. The second-order valence-electron chi connectivity index (χ2n) is 12.1. The first-order valence-electron chi connectivity index (χ1n) is 15.7. The summed E-state index contributed by atoms with van der Waals surface area (Å²) in [7, 11) is 0. The van der Waals surface area contributed by atoms with Gasteiger partial charge in [-0.3, -0.25) is 0 Å². The van der Waals surface area contributed by atoms with Crippen LogP contribution in [0.15, 0.2) is 73.1 Å². The molecular weight excluding hydrogens is 620 g/mol. The van der Waals surface area contributed by atoms with Crippen LogP contribution < -0.4 is 4.74 Å². The van der Waals surface area contributed by atoms with Gasteiger partial charge in [-0.15, -0.1) is 5.10 Å². The van der Waals surface area contributed by atoms with Crippen LogP contribution in [0.2, 0.25) is 0 Å². The van der Waals surface area contributed by atoms with Crippen LogP contribution in [-0.4, -0.2) is 58.3 Å². The van der Waals surface area contributed by atoms with Crippen molar-refractivity contribution >= 4 is 17.0 Å². The molecule has 1 saturated carbocycles. The van der Waals surface area contributed by atoms with Crippen molar-refractivity contribution in [3.8, 4) is 23.0 Å². The van der Waals surface area contributed by atoms with Crippen molar-refractivity contribution in [1.82, 2.24) is 34.5 Å². The van der Waals surface area contributed by atoms with E-state index < -0.39 is 17.6 Å². The van der Waals surface area contributed by atoms with Crippen molar-refractivity contribution in [2.45, 2.75) is 50.9 Å². The van der Waals surface area contributed by atoms with Crippen molar-refractivity contribution in [3.63, 3.8) is 0 Å². The van der Waals surface area contributed by atoms with Crippen LogP contribution in [0.5, 0.6) is 5.88 Å². The van der Waals surface area contributed by atoms with Crippen LogP contribution in [-0.2, 0) is 24.3 Å². The van der Waals surface area contributed by atoms with E-state index in [4.69, 9.17) is 9.47 Å². The molecule has 13 heteroatoms. The number of benzene rings is 2. The van der Waals surface area contributed by atoms with Crippen LogP contribution in [0.25, 0.3) is 28.1 Å². The molecule has 1 atom stereocenters. The van der Waals surface area contributed by atoms with Crippen molar-refractivity contribution in [2.24, 2.45) is 0 Å². The van der Waals surface area contributed by atoms with Crippen molar-refractivity contribution in [3.05, 3.63) is 113 Å². The number of carbonyl (C=O) groups is 1. The van der Waals surface area contributed by atoms with Gasteiger partial charge in [-0.2, -0.15) is 0 Å². The lowest BCUT2D eigenvalue weighted by molar-refractivity contribution is -0.0589. The maximum atomic E-state index is 15.6. The molecule has 11 nitrogen and oxygen atoms in total. The molecule has 0 bridgehead atoms. The lowest BCUT2D eigenvalue weighted by Crippen LogP contribution is -2.31. The molecule has 48 heavy (non-hydrogen) atoms. The first kappa shape index (κ1) is 29.8. The molecule has 1 aliphatic heterocycles. The summed E-state index contributed by atoms with van der Waals surface area (Å²) in [4.78, 5) is 25.1. The highest BCUT2D eigenvalue weighted by atomic mass is 19.1. The largest absolute Gasteiger partial charge is 0.478 e. The van der Waals surface area contributed by atoms with E-state index in [1.54, 1.807) is 41.2 Å². The highest BCUT2D eigenvalue weighted by Gasteiger charge is 2.27. The van der Waals surface area contributed by atoms with Gasteiger partial charge < -0.3 is 19.1 Å². The number of pyridine rings is 2. The molecule has 8 rings (SSSR count). The Morgan fingerprint density at radius 3 is 2.65 bits per heavy atom. The second kappa shape index (κ2) is 12.2. The van der Waals surface area contributed by atoms with Gasteiger partial charge in [0.15, 0.2) is 5.82 Å². The summed E-state index contributed by atoms with van der Waals surface area (Å²) in [6, 6.07) is 15.5. The van der Waals surface area contributed by atoms with Gasteiger partial charge >= 0.3 is 5.97 Å². The zero-order chi connectivity index (χ0) is 32.8. The molecule has 2 aromatic carbocycles. The number of hydrogen-bond donors (Lipinski definition) is 1. The Bertz CT molecular complexity index is 2160. The van der Waals surface area contributed by atoms with Crippen molar-refractivity contribution < 1.29 is 28.2 Å². The molecule has 2 fully saturated rings. The minimum Gasteiger partial charge on any atom is -0.478 e. The monoisotopic (exact) mass is 649 g/mol. The van der Waals surface area contributed by atoms with E-state index in [2.05, 4.69) is 25.3 Å². The predicted molar refractivity (Wildman–Crippen MR) is 169 cm³/mol. The van der Waals surface area contributed by atoms with Gasteiger partial charge in [0.2, 0.25) is 5.88 Å². The summed E-state index contributed by atoms with van der Waals surface area (Å²) in [6.45, 7) is 1.24. The van der Waals surface area contributed by atoms with Crippen molar-refractivity contribution in [2.75, 3.05) is 6.61 Å². The second-order valence-corrected chi connectivity index (χ2v) is 12.1. The molecule has 0 amide bonds. The first-order chi connectivity index (χ1) is 23.4. The molecule has 242 valence electrons.